The topological polar surface area (TPSA) is 72.3 Å². The lowest BCUT2D eigenvalue weighted by molar-refractivity contribution is -0.124. The van der Waals surface area contributed by atoms with Crippen LogP contribution in [0.3, 0.4) is 0 Å². The summed E-state index contributed by atoms with van der Waals surface area (Å²) in [5.41, 5.74) is 13.7. The van der Waals surface area contributed by atoms with Crippen molar-refractivity contribution in [3.8, 4) is 0 Å². The van der Waals surface area contributed by atoms with Crippen LogP contribution in [0, 0.1) is 5.92 Å². The fraction of sp³-hybridized carbons (Fsp3) is 0.533. The highest BCUT2D eigenvalue weighted by Gasteiger charge is 2.47. The predicted octanol–water partition coefficient (Wildman–Crippen LogP) is 0.637. The van der Waals surface area contributed by atoms with Crippen LogP contribution in [0.1, 0.15) is 24.0 Å². The van der Waals surface area contributed by atoms with E-state index in [2.05, 4.69) is 29.2 Å². The standard InChI is InChI=1S/C15H21N3O/c16-14(19)15(17,13-5-6-13)10-18-8-7-11-3-1-2-4-12(11)9-18/h1-4,13H,5-10,17H2,(H2,16,19). The maximum Gasteiger partial charge on any atom is 0.239 e. The lowest BCUT2D eigenvalue weighted by Crippen LogP contribution is -2.61. The van der Waals surface area contributed by atoms with Gasteiger partial charge in [0.05, 0.1) is 0 Å². The van der Waals surface area contributed by atoms with Crippen LogP contribution < -0.4 is 11.5 Å². The Balaban J connectivity index is 1.73. The maximum atomic E-state index is 11.7. The molecule has 4 N–H and O–H groups in total. The number of amides is 1. The van der Waals surface area contributed by atoms with Crippen molar-refractivity contribution in [1.29, 1.82) is 0 Å². The Morgan fingerprint density at radius 1 is 1.32 bits per heavy atom. The van der Waals surface area contributed by atoms with Crippen molar-refractivity contribution in [2.45, 2.75) is 31.3 Å². The van der Waals surface area contributed by atoms with E-state index in [4.69, 9.17) is 11.5 Å². The number of carbonyl (C=O) groups is 1. The molecule has 1 aliphatic heterocycles. The molecule has 1 aliphatic carbocycles. The number of carbonyl (C=O) groups excluding carboxylic acids is 1. The minimum atomic E-state index is -0.841. The summed E-state index contributed by atoms with van der Waals surface area (Å²) in [6.07, 6.45) is 3.09. The summed E-state index contributed by atoms with van der Waals surface area (Å²) in [4.78, 5) is 14.0. The van der Waals surface area contributed by atoms with Crippen molar-refractivity contribution in [2.75, 3.05) is 13.1 Å². The van der Waals surface area contributed by atoms with Crippen LogP contribution in [-0.2, 0) is 17.8 Å². The van der Waals surface area contributed by atoms with Crippen LogP contribution in [-0.4, -0.2) is 29.4 Å². The molecule has 102 valence electrons. The zero-order chi connectivity index (χ0) is 13.5. The molecular weight excluding hydrogens is 238 g/mol. The van der Waals surface area contributed by atoms with Crippen molar-refractivity contribution in [3.05, 3.63) is 35.4 Å². The number of hydrogen-bond donors (Lipinski definition) is 2. The number of primary amides is 1. The molecule has 1 unspecified atom stereocenters. The molecule has 0 aromatic heterocycles. The van der Waals surface area contributed by atoms with Gasteiger partial charge in [0.15, 0.2) is 0 Å². The summed E-state index contributed by atoms with van der Waals surface area (Å²) >= 11 is 0. The van der Waals surface area contributed by atoms with Crippen molar-refractivity contribution in [3.63, 3.8) is 0 Å². The average Bonchev–Trinajstić information content (AvgIpc) is 3.23. The van der Waals surface area contributed by atoms with Crippen molar-refractivity contribution < 1.29 is 4.79 Å². The van der Waals surface area contributed by atoms with E-state index in [1.165, 1.54) is 11.1 Å². The van der Waals surface area contributed by atoms with E-state index < -0.39 is 5.54 Å². The molecule has 1 fully saturated rings. The van der Waals surface area contributed by atoms with E-state index in [0.29, 0.717) is 6.54 Å². The number of hydrogen-bond acceptors (Lipinski definition) is 3. The largest absolute Gasteiger partial charge is 0.368 e. The van der Waals surface area contributed by atoms with Gasteiger partial charge in [-0.05, 0) is 36.3 Å². The van der Waals surface area contributed by atoms with Gasteiger partial charge in [-0.25, -0.2) is 0 Å². The van der Waals surface area contributed by atoms with Crippen LogP contribution in [0.4, 0.5) is 0 Å². The first kappa shape index (κ1) is 12.6. The average molecular weight is 259 g/mol. The summed E-state index contributed by atoms with van der Waals surface area (Å²) in [7, 11) is 0. The third kappa shape index (κ3) is 2.38. The van der Waals surface area contributed by atoms with Gasteiger partial charge in [-0.1, -0.05) is 24.3 Å². The summed E-state index contributed by atoms with van der Waals surface area (Å²) in [6.45, 7) is 2.41. The maximum absolute atomic E-state index is 11.7. The molecule has 1 amide bonds. The van der Waals surface area contributed by atoms with E-state index in [0.717, 1.165) is 32.4 Å². The lowest BCUT2D eigenvalue weighted by Gasteiger charge is -2.36. The first-order valence-electron chi connectivity index (χ1n) is 6.97. The minimum absolute atomic E-state index is 0.280. The summed E-state index contributed by atoms with van der Waals surface area (Å²) in [6, 6.07) is 8.47. The van der Waals surface area contributed by atoms with E-state index in [1.54, 1.807) is 0 Å². The number of benzene rings is 1. The Hall–Kier alpha value is -1.39. The van der Waals surface area contributed by atoms with E-state index in [1.807, 2.05) is 0 Å². The smallest absolute Gasteiger partial charge is 0.239 e. The Labute approximate surface area is 113 Å². The highest BCUT2D eigenvalue weighted by atomic mass is 16.1. The molecule has 4 heteroatoms. The molecule has 1 atom stereocenters. The van der Waals surface area contributed by atoms with Crippen LogP contribution in [0.25, 0.3) is 0 Å². The highest BCUT2D eigenvalue weighted by molar-refractivity contribution is 5.85. The lowest BCUT2D eigenvalue weighted by atomic mass is 9.91. The number of nitrogens with two attached hydrogens (primary N) is 2. The normalized spacial score (nSPS) is 22.6. The second kappa shape index (κ2) is 4.62. The molecule has 1 aromatic rings. The Morgan fingerprint density at radius 2 is 2.00 bits per heavy atom. The molecule has 0 radical (unpaired) electrons. The molecule has 4 nitrogen and oxygen atoms in total. The first-order chi connectivity index (χ1) is 9.09. The zero-order valence-corrected chi connectivity index (χ0v) is 11.1. The van der Waals surface area contributed by atoms with Gasteiger partial charge < -0.3 is 11.5 Å². The minimum Gasteiger partial charge on any atom is -0.368 e. The second-order valence-corrected chi connectivity index (χ2v) is 5.91. The van der Waals surface area contributed by atoms with Crippen LogP contribution in [0.2, 0.25) is 0 Å². The zero-order valence-electron chi connectivity index (χ0n) is 11.1. The highest BCUT2D eigenvalue weighted by Crippen LogP contribution is 2.39. The molecule has 2 aliphatic rings. The Bertz CT molecular complexity index is 498. The Kier molecular flexibility index (Phi) is 3.07. The van der Waals surface area contributed by atoms with Gasteiger partial charge in [0.2, 0.25) is 5.91 Å². The van der Waals surface area contributed by atoms with Crippen molar-refractivity contribution in [2.24, 2.45) is 17.4 Å². The quantitative estimate of drug-likeness (QED) is 0.833. The summed E-state index contributed by atoms with van der Waals surface area (Å²) in [5, 5.41) is 0. The molecule has 1 aromatic carbocycles. The van der Waals surface area contributed by atoms with Crippen molar-refractivity contribution in [1.82, 2.24) is 4.90 Å². The summed E-state index contributed by atoms with van der Waals surface area (Å²) < 4.78 is 0. The molecule has 19 heavy (non-hydrogen) atoms. The molecule has 0 spiro atoms. The van der Waals surface area contributed by atoms with E-state index in [-0.39, 0.29) is 11.8 Å². The molecule has 1 saturated carbocycles. The first-order valence-corrected chi connectivity index (χ1v) is 6.97. The number of fused-ring (bicyclic) bond motifs is 1. The molecule has 3 rings (SSSR count). The van der Waals surface area contributed by atoms with Gasteiger partial charge in [-0.15, -0.1) is 0 Å². The van der Waals surface area contributed by atoms with Gasteiger partial charge in [-0.3, -0.25) is 9.69 Å². The van der Waals surface area contributed by atoms with Gasteiger partial charge in [0.25, 0.3) is 0 Å². The molecule has 0 saturated heterocycles. The third-order valence-electron chi connectivity index (χ3n) is 4.46. The van der Waals surface area contributed by atoms with Crippen LogP contribution in [0.15, 0.2) is 24.3 Å². The van der Waals surface area contributed by atoms with Gasteiger partial charge in [0, 0.05) is 19.6 Å². The van der Waals surface area contributed by atoms with E-state index in [9.17, 15) is 4.79 Å². The molecular formula is C15H21N3O. The number of rotatable bonds is 4. The van der Waals surface area contributed by atoms with E-state index >= 15 is 0 Å². The fourth-order valence-corrected chi connectivity index (χ4v) is 3.07. The van der Waals surface area contributed by atoms with Gasteiger partial charge in [0.1, 0.15) is 5.54 Å². The van der Waals surface area contributed by atoms with Gasteiger partial charge in [-0.2, -0.15) is 0 Å². The third-order valence-corrected chi connectivity index (χ3v) is 4.46. The predicted molar refractivity (Wildman–Crippen MR) is 74.3 cm³/mol. The second-order valence-electron chi connectivity index (χ2n) is 5.91. The van der Waals surface area contributed by atoms with Gasteiger partial charge >= 0.3 is 0 Å². The van der Waals surface area contributed by atoms with Crippen molar-refractivity contribution >= 4 is 5.91 Å². The molecule has 1 heterocycles. The SMILES string of the molecule is NC(=O)C(N)(CN1CCc2ccccc2C1)C1CC1. The fourth-order valence-electron chi connectivity index (χ4n) is 3.07. The summed E-state index contributed by atoms with van der Waals surface area (Å²) in [5.74, 6) is -0.0731. The van der Waals surface area contributed by atoms with Crippen LogP contribution in [0.5, 0.6) is 0 Å². The molecule has 0 bridgehead atoms. The van der Waals surface area contributed by atoms with Crippen LogP contribution >= 0.6 is 0 Å². The monoisotopic (exact) mass is 259 g/mol. The Morgan fingerprint density at radius 3 is 2.63 bits per heavy atom. The number of nitrogens with zero attached hydrogens (tertiary/aromatic N) is 1.